The number of amides is 2. The number of aromatic nitrogens is 2. The van der Waals surface area contributed by atoms with Crippen molar-refractivity contribution in [2.24, 2.45) is 0 Å². The van der Waals surface area contributed by atoms with E-state index in [2.05, 4.69) is 20.6 Å². The van der Waals surface area contributed by atoms with Crippen LogP contribution in [0.25, 0.3) is 11.3 Å². The van der Waals surface area contributed by atoms with Crippen LogP contribution in [0.15, 0.2) is 42.6 Å². The summed E-state index contributed by atoms with van der Waals surface area (Å²) in [5.41, 5.74) is 2.67. The molecule has 0 saturated heterocycles. The SMILES string of the molecule is CNc1ncc(Cl)c(-c2ccc3c(c2)C(=O)N([C@H](C)C(=O)N[C@H](CO)c2cc(F)cc(OC)c2)C3)n1. The predicted octanol–water partition coefficient (Wildman–Crippen LogP) is 3.18. The van der Waals surface area contributed by atoms with Gasteiger partial charge in [-0.15, -0.1) is 0 Å². The van der Waals surface area contributed by atoms with E-state index in [1.165, 1.54) is 36.4 Å². The number of hydrogen-bond acceptors (Lipinski definition) is 7. The van der Waals surface area contributed by atoms with Gasteiger partial charge in [0.05, 0.1) is 36.7 Å². The molecule has 188 valence electrons. The number of halogens is 2. The summed E-state index contributed by atoms with van der Waals surface area (Å²) in [5, 5.41) is 15.7. The second-order valence-electron chi connectivity index (χ2n) is 8.29. The van der Waals surface area contributed by atoms with E-state index >= 15 is 0 Å². The molecule has 4 rings (SSSR count). The highest BCUT2D eigenvalue weighted by Crippen LogP contribution is 2.32. The minimum absolute atomic E-state index is 0.236. The quantitative estimate of drug-likeness (QED) is 0.423. The molecule has 1 aliphatic rings. The van der Waals surface area contributed by atoms with Gasteiger partial charge in [-0.05, 0) is 36.2 Å². The highest BCUT2D eigenvalue weighted by molar-refractivity contribution is 6.33. The number of methoxy groups -OCH3 is 1. The fourth-order valence-electron chi connectivity index (χ4n) is 4.05. The van der Waals surface area contributed by atoms with Crippen molar-refractivity contribution in [1.29, 1.82) is 0 Å². The van der Waals surface area contributed by atoms with Gasteiger partial charge >= 0.3 is 0 Å². The number of nitrogens with one attached hydrogen (secondary N) is 2. The minimum atomic E-state index is -0.877. The lowest BCUT2D eigenvalue weighted by Gasteiger charge is -2.26. The minimum Gasteiger partial charge on any atom is -0.497 e. The molecule has 0 fully saturated rings. The van der Waals surface area contributed by atoms with Gasteiger partial charge < -0.3 is 25.4 Å². The van der Waals surface area contributed by atoms with Crippen LogP contribution in [0.4, 0.5) is 10.3 Å². The van der Waals surface area contributed by atoms with Crippen molar-refractivity contribution >= 4 is 29.4 Å². The maximum absolute atomic E-state index is 13.9. The summed E-state index contributed by atoms with van der Waals surface area (Å²) >= 11 is 6.28. The Morgan fingerprint density at radius 3 is 2.78 bits per heavy atom. The van der Waals surface area contributed by atoms with Crippen molar-refractivity contribution in [3.8, 4) is 17.0 Å². The van der Waals surface area contributed by atoms with Crippen molar-refractivity contribution in [2.45, 2.75) is 25.6 Å². The molecule has 9 nitrogen and oxygen atoms in total. The van der Waals surface area contributed by atoms with E-state index in [1.807, 2.05) is 6.07 Å². The lowest BCUT2D eigenvalue weighted by Crippen LogP contribution is -2.46. The molecule has 2 amide bonds. The number of carbonyl (C=O) groups excluding carboxylic acids is 2. The van der Waals surface area contributed by atoms with Gasteiger partial charge in [-0.2, -0.15) is 0 Å². The maximum atomic E-state index is 13.9. The van der Waals surface area contributed by atoms with Crippen LogP contribution < -0.4 is 15.4 Å². The summed E-state index contributed by atoms with van der Waals surface area (Å²) in [4.78, 5) is 36.2. The Morgan fingerprint density at radius 2 is 2.08 bits per heavy atom. The number of benzene rings is 2. The standard InChI is InChI=1S/C25H25ClFN5O4/c1-13(23(34)30-21(12-33)16-6-17(27)9-18(7-16)36-3)32-11-15-5-4-14(8-19(15)24(32)35)22-20(26)10-29-25(28-2)31-22/h4-10,13,21,33H,11-12H2,1-3H3,(H,30,34)(H,28,29,31)/t13-,21-/m1/s1. The van der Waals surface area contributed by atoms with Crippen LogP contribution in [0.2, 0.25) is 5.02 Å². The van der Waals surface area contributed by atoms with Crippen LogP contribution in [0.1, 0.15) is 34.5 Å². The van der Waals surface area contributed by atoms with E-state index < -0.39 is 30.4 Å². The van der Waals surface area contributed by atoms with E-state index in [1.54, 1.807) is 26.1 Å². The molecule has 1 aliphatic heterocycles. The van der Waals surface area contributed by atoms with Gasteiger partial charge in [0.1, 0.15) is 17.6 Å². The first kappa shape index (κ1) is 25.3. The molecular formula is C25H25ClFN5O4. The number of aliphatic hydroxyl groups excluding tert-OH is 1. The molecule has 0 spiro atoms. The Balaban J connectivity index is 1.53. The van der Waals surface area contributed by atoms with Crippen LogP contribution in [-0.2, 0) is 11.3 Å². The molecule has 36 heavy (non-hydrogen) atoms. The van der Waals surface area contributed by atoms with E-state index in [0.717, 1.165) is 5.56 Å². The largest absolute Gasteiger partial charge is 0.497 e. The Morgan fingerprint density at radius 1 is 1.31 bits per heavy atom. The van der Waals surface area contributed by atoms with Crippen molar-refractivity contribution in [1.82, 2.24) is 20.2 Å². The second kappa shape index (κ2) is 10.5. The first-order chi connectivity index (χ1) is 17.2. The van der Waals surface area contributed by atoms with Gasteiger partial charge in [-0.25, -0.2) is 14.4 Å². The summed E-state index contributed by atoms with van der Waals surface area (Å²) in [7, 11) is 3.09. The van der Waals surface area contributed by atoms with Gasteiger partial charge in [0.15, 0.2) is 0 Å². The zero-order chi connectivity index (χ0) is 26.0. The number of aliphatic hydroxyl groups is 1. The summed E-state index contributed by atoms with van der Waals surface area (Å²) in [6.07, 6.45) is 1.48. The number of hydrogen-bond donors (Lipinski definition) is 3. The topological polar surface area (TPSA) is 117 Å². The summed E-state index contributed by atoms with van der Waals surface area (Å²) < 4.78 is 19.0. The number of carbonyl (C=O) groups is 2. The lowest BCUT2D eigenvalue weighted by molar-refractivity contribution is -0.126. The van der Waals surface area contributed by atoms with Gasteiger partial charge in [-0.3, -0.25) is 9.59 Å². The third-order valence-electron chi connectivity index (χ3n) is 6.06. The summed E-state index contributed by atoms with van der Waals surface area (Å²) in [6.45, 7) is 1.37. The molecule has 2 atom stereocenters. The highest BCUT2D eigenvalue weighted by atomic mass is 35.5. The maximum Gasteiger partial charge on any atom is 0.255 e. The Labute approximate surface area is 212 Å². The van der Waals surface area contributed by atoms with Crippen molar-refractivity contribution < 1.29 is 23.8 Å². The molecule has 3 aromatic rings. The molecule has 0 saturated carbocycles. The van der Waals surface area contributed by atoms with Gasteiger partial charge in [0.2, 0.25) is 11.9 Å². The Bertz CT molecular complexity index is 1320. The average Bonchev–Trinajstić information content (AvgIpc) is 3.22. The predicted molar refractivity (Wildman–Crippen MR) is 132 cm³/mol. The van der Waals surface area contributed by atoms with E-state index in [4.69, 9.17) is 16.3 Å². The zero-order valence-corrected chi connectivity index (χ0v) is 20.6. The van der Waals surface area contributed by atoms with Gasteiger partial charge in [0.25, 0.3) is 5.91 Å². The molecule has 2 heterocycles. The van der Waals surface area contributed by atoms with E-state index in [-0.39, 0.29) is 18.2 Å². The van der Waals surface area contributed by atoms with Crippen LogP contribution in [0, 0.1) is 5.82 Å². The van der Waals surface area contributed by atoms with E-state index in [9.17, 15) is 19.1 Å². The molecule has 1 aromatic heterocycles. The first-order valence-electron chi connectivity index (χ1n) is 11.2. The van der Waals surface area contributed by atoms with Crippen LogP contribution in [-0.4, -0.2) is 58.6 Å². The Kier molecular flexibility index (Phi) is 7.37. The number of ether oxygens (including phenoxy) is 1. The molecule has 0 radical (unpaired) electrons. The third-order valence-corrected chi connectivity index (χ3v) is 6.34. The summed E-state index contributed by atoms with van der Waals surface area (Å²) in [5.74, 6) is -0.714. The van der Waals surface area contributed by atoms with Crippen molar-refractivity contribution in [2.75, 3.05) is 26.1 Å². The van der Waals surface area contributed by atoms with Crippen LogP contribution in [0.3, 0.4) is 0 Å². The average molecular weight is 514 g/mol. The highest BCUT2D eigenvalue weighted by Gasteiger charge is 2.35. The molecule has 0 unspecified atom stereocenters. The summed E-state index contributed by atoms with van der Waals surface area (Å²) in [6, 6.07) is 7.54. The second-order valence-corrected chi connectivity index (χ2v) is 8.70. The van der Waals surface area contributed by atoms with Crippen molar-refractivity contribution in [3.63, 3.8) is 0 Å². The van der Waals surface area contributed by atoms with Crippen LogP contribution >= 0.6 is 11.6 Å². The molecule has 0 aliphatic carbocycles. The number of rotatable bonds is 8. The number of anilines is 1. The number of nitrogens with zero attached hydrogens (tertiary/aromatic N) is 3. The first-order valence-corrected chi connectivity index (χ1v) is 11.5. The van der Waals surface area contributed by atoms with Crippen LogP contribution in [0.5, 0.6) is 5.75 Å². The van der Waals surface area contributed by atoms with Gasteiger partial charge in [-0.1, -0.05) is 23.7 Å². The number of fused-ring (bicyclic) bond motifs is 1. The fraction of sp³-hybridized carbons (Fsp3) is 0.280. The molecular weight excluding hydrogens is 489 g/mol. The normalized spacial score (nSPS) is 14.3. The molecule has 3 N–H and O–H groups in total. The lowest BCUT2D eigenvalue weighted by atomic mass is 10.0. The molecule has 0 bridgehead atoms. The molecule has 2 aromatic carbocycles. The third kappa shape index (κ3) is 4.95. The smallest absolute Gasteiger partial charge is 0.255 e. The molecule has 11 heteroatoms. The zero-order valence-electron chi connectivity index (χ0n) is 19.9. The fourth-order valence-corrected chi connectivity index (χ4v) is 4.25. The van der Waals surface area contributed by atoms with E-state index in [0.29, 0.717) is 33.4 Å². The Hall–Kier alpha value is -3.76. The van der Waals surface area contributed by atoms with Gasteiger partial charge in [0, 0.05) is 30.8 Å². The van der Waals surface area contributed by atoms with Crippen molar-refractivity contribution in [3.05, 3.63) is 70.1 Å². The monoisotopic (exact) mass is 513 g/mol.